The molecule has 1 fully saturated rings. The van der Waals surface area contributed by atoms with Gasteiger partial charge in [0.2, 0.25) is 0 Å². The highest BCUT2D eigenvalue weighted by Gasteiger charge is 2.18. The van der Waals surface area contributed by atoms with Gasteiger partial charge in [0.05, 0.1) is 12.7 Å². The second kappa shape index (κ2) is 4.04. The van der Waals surface area contributed by atoms with Crippen LogP contribution in [0.2, 0.25) is 0 Å². The lowest BCUT2D eigenvalue weighted by molar-refractivity contribution is -0.104. The number of hydrogen-bond donors (Lipinski definition) is 0. The second-order valence-corrected chi connectivity index (χ2v) is 3.07. The fraction of sp³-hybridized carbons (Fsp3) is 1.00. The van der Waals surface area contributed by atoms with Gasteiger partial charge in [0.1, 0.15) is 0 Å². The number of hydrogen-bond acceptors (Lipinski definition) is 3. The average molecular weight is 158 g/mol. The van der Waals surface area contributed by atoms with Crippen LogP contribution in [0.15, 0.2) is 0 Å². The summed E-state index contributed by atoms with van der Waals surface area (Å²) < 4.78 is 5.43. The fourth-order valence-corrected chi connectivity index (χ4v) is 1.31. The largest absolute Gasteiger partial charge is 0.376 e. The highest BCUT2D eigenvalue weighted by molar-refractivity contribution is 4.64. The van der Waals surface area contributed by atoms with Crippen LogP contribution in [0.4, 0.5) is 0 Å². The number of morpholine rings is 1. The Labute approximate surface area is 68.9 Å². The zero-order valence-corrected chi connectivity index (χ0v) is 7.71. The molecule has 0 radical (unpaired) electrons. The maximum atomic E-state index is 5.43. The molecular weight excluding hydrogens is 140 g/mol. The minimum atomic E-state index is 0.387. The summed E-state index contributed by atoms with van der Waals surface area (Å²) in [5.41, 5.74) is 0. The van der Waals surface area contributed by atoms with Gasteiger partial charge in [-0.2, -0.15) is 0 Å². The van der Waals surface area contributed by atoms with Crippen molar-refractivity contribution in [3.63, 3.8) is 0 Å². The van der Waals surface area contributed by atoms with Crippen LogP contribution in [0.3, 0.4) is 0 Å². The van der Waals surface area contributed by atoms with E-state index in [9.17, 15) is 0 Å². The number of ether oxygens (including phenoxy) is 1. The first kappa shape index (κ1) is 8.97. The van der Waals surface area contributed by atoms with Crippen LogP contribution in [0.5, 0.6) is 0 Å². The van der Waals surface area contributed by atoms with Crippen LogP contribution in [0.1, 0.15) is 13.8 Å². The molecule has 11 heavy (non-hydrogen) atoms. The number of hydrazine groups is 1. The van der Waals surface area contributed by atoms with Crippen LogP contribution in [0.25, 0.3) is 0 Å². The van der Waals surface area contributed by atoms with E-state index in [1.54, 1.807) is 0 Å². The maximum absolute atomic E-state index is 5.43. The first-order chi connectivity index (χ1) is 5.24. The van der Waals surface area contributed by atoms with Crippen molar-refractivity contribution in [3.05, 3.63) is 0 Å². The zero-order valence-electron chi connectivity index (χ0n) is 7.71. The van der Waals surface area contributed by atoms with Gasteiger partial charge in [-0.05, 0) is 6.92 Å². The van der Waals surface area contributed by atoms with Crippen molar-refractivity contribution in [2.75, 3.05) is 33.3 Å². The van der Waals surface area contributed by atoms with Gasteiger partial charge in [-0.15, -0.1) is 0 Å². The molecule has 66 valence electrons. The summed E-state index contributed by atoms with van der Waals surface area (Å²) in [5, 5.41) is 4.59. The van der Waals surface area contributed by atoms with Crippen molar-refractivity contribution in [3.8, 4) is 0 Å². The molecule has 0 aromatic rings. The first-order valence-electron chi connectivity index (χ1n) is 4.31. The smallest absolute Gasteiger partial charge is 0.0688 e. The van der Waals surface area contributed by atoms with Crippen LogP contribution in [0, 0.1) is 0 Å². The van der Waals surface area contributed by atoms with E-state index in [0.717, 1.165) is 26.2 Å². The Hall–Kier alpha value is -0.120. The molecule has 3 nitrogen and oxygen atoms in total. The predicted molar refractivity (Wildman–Crippen MR) is 45.3 cm³/mol. The zero-order chi connectivity index (χ0) is 8.27. The van der Waals surface area contributed by atoms with Crippen molar-refractivity contribution in [2.24, 2.45) is 0 Å². The molecule has 0 bridgehead atoms. The summed E-state index contributed by atoms with van der Waals surface area (Å²) in [5.74, 6) is 0. The SMILES string of the molecule is CCN(C)N1CCOC(C)C1. The van der Waals surface area contributed by atoms with Crippen LogP contribution in [-0.4, -0.2) is 49.4 Å². The van der Waals surface area contributed by atoms with Gasteiger partial charge >= 0.3 is 0 Å². The van der Waals surface area contributed by atoms with E-state index >= 15 is 0 Å². The van der Waals surface area contributed by atoms with Crippen LogP contribution >= 0.6 is 0 Å². The fourth-order valence-electron chi connectivity index (χ4n) is 1.31. The van der Waals surface area contributed by atoms with Crippen molar-refractivity contribution >= 4 is 0 Å². The van der Waals surface area contributed by atoms with Crippen molar-refractivity contribution in [1.82, 2.24) is 10.0 Å². The Morgan fingerprint density at radius 1 is 1.64 bits per heavy atom. The molecule has 0 saturated carbocycles. The summed E-state index contributed by atoms with van der Waals surface area (Å²) in [6.07, 6.45) is 0.387. The molecule has 1 aliphatic rings. The van der Waals surface area contributed by atoms with Gasteiger partial charge in [0, 0.05) is 26.7 Å². The molecule has 1 aliphatic heterocycles. The summed E-state index contributed by atoms with van der Waals surface area (Å²) in [6.45, 7) is 8.30. The normalized spacial score (nSPS) is 27.8. The number of rotatable bonds is 2. The lowest BCUT2D eigenvalue weighted by Gasteiger charge is -2.36. The van der Waals surface area contributed by atoms with E-state index < -0.39 is 0 Å². The molecule has 0 N–H and O–H groups in total. The first-order valence-corrected chi connectivity index (χ1v) is 4.31. The summed E-state index contributed by atoms with van der Waals surface area (Å²) >= 11 is 0. The van der Waals surface area contributed by atoms with E-state index in [1.807, 2.05) is 0 Å². The summed E-state index contributed by atoms with van der Waals surface area (Å²) in [7, 11) is 2.12. The standard InChI is InChI=1S/C8H18N2O/c1-4-9(3)10-5-6-11-8(2)7-10/h8H,4-7H2,1-3H3. The maximum Gasteiger partial charge on any atom is 0.0688 e. The Morgan fingerprint density at radius 3 is 2.91 bits per heavy atom. The molecule has 0 aliphatic carbocycles. The van der Waals surface area contributed by atoms with Crippen LogP contribution < -0.4 is 0 Å². The van der Waals surface area contributed by atoms with Gasteiger partial charge in [-0.25, -0.2) is 10.0 Å². The molecule has 1 atom stereocenters. The molecule has 0 amide bonds. The van der Waals surface area contributed by atoms with Crippen LogP contribution in [-0.2, 0) is 4.74 Å². The van der Waals surface area contributed by atoms with E-state index in [4.69, 9.17) is 4.74 Å². The average Bonchev–Trinajstić information content (AvgIpc) is 2.03. The van der Waals surface area contributed by atoms with Gasteiger partial charge in [0.25, 0.3) is 0 Å². The van der Waals surface area contributed by atoms with E-state index in [1.165, 1.54) is 0 Å². The molecule has 1 heterocycles. The van der Waals surface area contributed by atoms with Gasteiger partial charge in [-0.1, -0.05) is 6.92 Å². The lowest BCUT2D eigenvalue weighted by Crippen LogP contribution is -2.49. The molecule has 1 saturated heterocycles. The monoisotopic (exact) mass is 158 g/mol. The molecule has 1 unspecified atom stereocenters. The van der Waals surface area contributed by atoms with E-state index in [0.29, 0.717) is 6.10 Å². The third-order valence-electron chi connectivity index (χ3n) is 2.16. The molecule has 1 rings (SSSR count). The Kier molecular flexibility index (Phi) is 3.30. The minimum Gasteiger partial charge on any atom is -0.376 e. The minimum absolute atomic E-state index is 0.387. The molecular formula is C8H18N2O. The quantitative estimate of drug-likeness (QED) is 0.584. The topological polar surface area (TPSA) is 15.7 Å². The second-order valence-electron chi connectivity index (χ2n) is 3.07. The predicted octanol–water partition coefficient (Wildman–Crippen LogP) is 0.574. The highest BCUT2D eigenvalue weighted by Crippen LogP contribution is 2.05. The molecule has 0 aromatic carbocycles. The van der Waals surface area contributed by atoms with Gasteiger partial charge < -0.3 is 4.74 Å². The number of nitrogens with zero attached hydrogens (tertiary/aromatic N) is 2. The van der Waals surface area contributed by atoms with Crippen molar-refractivity contribution in [1.29, 1.82) is 0 Å². The Morgan fingerprint density at radius 2 is 2.36 bits per heavy atom. The van der Waals surface area contributed by atoms with Crippen molar-refractivity contribution < 1.29 is 4.74 Å². The lowest BCUT2D eigenvalue weighted by atomic mass is 10.3. The molecule has 3 heteroatoms. The van der Waals surface area contributed by atoms with E-state index in [-0.39, 0.29) is 0 Å². The molecule has 0 spiro atoms. The molecule has 0 aromatic heterocycles. The van der Waals surface area contributed by atoms with Crippen molar-refractivity contribution in [2.45, 2.75) is 20.0 Å². The third kappa shape index (κ3) is 2.43. The third-order valence-corrected chi connectivity index (χ3v) is 2.16. The summed E-state index contributed by atoms with van der Waals surface area (Å²) in [4.78, 5) is 0. The van der Waals surface area contributed by atoms with Gasteiger partial charge in [0.15, 0.2) is 0 Å². The Bertz CT molecular complexity index is 119. The highest BCUT2D eigenvalue weighted by atomic mass is 16.5. The van der Waals surface area contributed by atoms with E-state index in [2.05, 4.69) is 30.9 Å². The Balaban J connectivity index is 2.33. The van der Waals surface area contributed by atoms with Gasteiger partial charge in [-0.3, -0.25) is 0 Å². The summed E-state index contributed by atoms with van der Waals surface area (Å²) in [6, 6.07) is 0.